The van der Waals surface area contributed by atoms with Gasteiger partial charge in [-0.3, -0.25) is 19.2 Å². The van der Waals surface area contributed by atoms with E-state index in [2.05, 4.69) is 22.4 Å². The zero-order valence-corrected chi connectivity index (χ0v) is 19.3. The van der Waals surface area contributed by atoms with Gasteiger partial charge in [-0.15, -0.1) is 10.2 Å². The fraction of sp³-hybridized carbons (Fsp3) is 0.471. The van der Waals surface area contributed by atoms with Gasteiger partial charge >= 0.3 is 0 Å². The summed E-state index contributed by atoms with van der Waals surface area (Å²) in [4.78, 5) is 22.6. The van der Waals surface area contributed by atoms with Crippen LogP contribution in [0.5, 0.6) is 0 Å². The highest BCUT2D eigenvalue weighted by atomic mass is 32.2. The van der Waals surface area contributed by atoms with Gasteiger partial charge in [0, 0.05) is 30.9 Å². The summed E-state index contributed by atoms with van der Waals surface area (Å²) in [6.07, 6.45) is 2.34. The van der Waals surface area contributed by atoms with Crippen molar-refractivity contribution in [3.8, 4) is 0 Å². The van der Waals surface area contributed by atoms with Crippen LogP contribution in [0.1, 0.15) is 31.7 Å². The number of thioether (sulfide) groups is 1. The van der Waals surface area contributed by atoms with Crippen LogP contribution in [0, 0.1) is 17.0 Å². The second-order valence-electron chi connectivity index (χ2n) is 6.44. The van der Waals surface area contributed by atoms with Gasteiger partial charge in [0.2, 0.25) is 21.1 Å². The van der Waals surface area contributed by atoms with Gasteiger partial charge in [-0.05, 0) is 25.3 Å². The Hall–Kier alpha value is -2.25. The van der Waals surface area contributed by atoms with Crippen molar-refractivity contribution in [2.24, 2.45) is 0 Å². The molecule has 1 heterocycles. The lowest BCUT2D eigenvalue weighted by molar-refractivity contribution is -0.384. The lowest BCUT2D eigenvalue weighted by Crippen LogP contribution is -2.32. The number of aromatic nitrogens is 2. The summed E-state index contributed by atoms with van der Waals surface area (Å²) < 4.78 is 26.4. The highest BCUT2D eigenvalue weighted by Crippen LogP contribution is 2.28. The van der Waals surface area contributed by atoms with Gasteiger partial charge in [0.15, 0.2) is 4.34 Å². The predicted octanol–water partition coefficient (Wildman–Crippen LogP) is 3.44. The Bertz CT molecular complexity index is 1010. The molecular formula is C17H23N5O5S3. The molecule has 0 bridgehead atoms. The Labute approximate surface area is 183 Å². The lowest BCUT2D eigenvalue weighted by Gasteiger charge is -2.23. The fourth-order valence-electron chi connectivity index (χ4n) is 2.52. The summed E-state index contributed by atoms with van der Waals surface area (Å²) in [5.41, 5.74) is 0.616. The van der Waals surface area contributed by atoms with Crippen LogP contribution in [0.2, 0.25) is 0 Å². The van der Waals surface area contributed by atoms with Gasteiger partial charge < -0.3 is 5.32 Å². The van der Waals surface area contributed by atoms with Crippen LogP contribution in [-0.4, -0.2) is 48.0 Å². The molecule has 10 nitrogen and oxygen atoms in total. The molecule has 2 rings (SSSR count). The number of nitro benzene ring substituents is 1. The van der Waals surface area contributed by atoms with E-state index < -0.39 is 14.9 Å². The van der Waals surface area contributed by atoms with Crippen LogP contribution in [0.3, 0.4) is 0 Å². The third kappa shape index (κ3) is 6.92. The first-order valence-electron chi connectivity index (χ1n) is 9.10. The van der Waals surface area contributed by atoms with Crippen molar-refractivity contribution >= 4 is 55.5 Å². The average molecular weight is 474 g/mol. The predicted molar refractivity (Wildman–Crippen MR) is 119 cm³/mol. The number of aryl methyl sites for hydroxylation is 1. The minimum atomic E-state index is -3.69. The first-order chi connectivity index (χ1) is 14.1. The van der Waals surface area contributed by atoms with E-state index in [0.717, 1.165) is 27.1 Å². The molecule has 0 radical (unpaired) electrons. The molecule has 0 saturated carbocycles. The van der Waals surface area contributed by atoms with Gasteiger partial charge in [-0.1, -0.05) is 36.1 Å². The number of hydrogen-bond donors (Lipinski definition) is 1. The van der Waals surface area contributed by atoms with Crippen molar-refractivity contribution in [3.63, 3.8) is 0 Å². The highest BCUT2D eigenvalue weighted by Gasteiger charge is 2.22. The van der Waals surface area contributed by atoms with Crippen LogP contribution >= 0.6 is 23.1 Å². The molecule has 1 aromatic heterocycles. The molecule has 0 unspecified atom stereocenters. The number of carbonyl (C=O) groups excluding carboxylic acids is 1. The molecule has 0 atom stereocenters. The minimum Gasteiger partial charge on any atom is -0.301 e. The first kappa shape index (κ1) is 24.0. The zero-order valence-electron chi connectivity index (χ0n) is 16.8. The monoisotopic (exact) mass is 473 g/mol. The Balaban J connectivity index is 2.01. The molecule has 30 heavy (non-hydrogen) atoms. The second-order valence-corrected chi connectivity index (χ2v) is 10.7. The molecule has 0 aliphatic rings. The SMILES string of the molecule is CCCSc1nnc(NC(=O)CCCN(c2cc([N+](=O)[O-])ccc2C)S(C)(=O)=O)s1. The summed E-state index contributed by atoms with van der Waals surface area (Å²) >= 11 is 2.85. The van der Waals surface area contributed by atoms with Crippen molar-refractivity contribution in [3.05, 3.63) is 33.9 Å². The Morgan fingerprint density at radius 3 is 2.73 bits per heavy atom. The topological polar surface area (TPSA) is 135 Å². The largest absolute Gasteiger partial charge is 0.301 e. The van der Waals surface area contributed by atoms with E-state index in [0.29, 0.717) is 10.7 Å². The number of nitrogens with zero attached hydrogens (tertiary/aromatic N) is 4. The van der Waals surface area contributed by atoms with Crippen molar-refractivity contribution in [2.75, 3.05) is 28.2 Å². The lowest BCUT2D eigenvalue weighted by atomic mass is 10.1. The smallest absolute Gasteiger partial charge is 0.271 e. The molecule has 0 aliphatic carbocycles. The Morgan fingerprint density at radius 1 is 1.37 bits per heavy atom. The number of sulfonamides is 1. The molecule has 13 heteroatoms. The summed E-state index contributed by atoms with van der Waals surface area (Å²) in [6.45, 7) is 3.75. The van der Waals surface area contributed by atoms with E-state index in [4.69, 9.17) is 0 Å². The molecule has 164 valence electrons. The van der Waals surface area contributed by atoms with Gasteiger partial charge in [0.1, 0.15) is 0 Å². The number of amides is 1. The molecule has 1 N–H and O–H groups in total. The summed E-state index contributed by atoms with van der Waals surface area (Å²) in [5, 5.41) is 22.0. The van der Waals surface area contributed by atoms with Gasteiger partial charge in [0.05, 0.1) is 16.9 Å². The van der Waals surface area contributed by atoms with E-state index in [-0.39, 0.29) is 36.7 Å². The van der Waals surface area contributed by atoms with E-state index >= 15 is 0 Å². The molecule has 2 aromatic rings. The molecule has 0 spiro atoms. The first-order valence-corrected chi connectivity index (χ1v) is 12.8. The number of rotatable bonds is 11. The maximum Gasteiger partial charge on any atom is 0.271 e. The molecule has 1 amide bonds. The van der Waals surface area contributed by atoms with Crippen LogP contribution in [-0.2, 0) is 14.8 Å². The Morgan fingerprint density at radius 2 is 2.10 bits per heavy atom. The minimum absolute atomic E-state index is 0.0159. The number of carbonyl (C=O) groups is 1. The maximum absolute atomic E-state index is 12.3. The van der Waals surface area contributed by atoms with E-state index in [1.807, 2.05) is 0 Å². The van der Waals surface area contributed by atoms with Crippen LogP contribution in [0.4, 0.5) is 16.5 Å². The summed E-state index contributed by atoms with van der Waals surface area (Å²) in [6, 6.07) is 4.05. The van der Waals surface area contributed by atoms with E-state index in [9.17, 15) is 23.3 Å². The normalized spacial score (nSPS) is 11.3. The molecular weight excluding hydrogens is 450 g/mol. The van der Waals surface area contributed by atoms with Crippen LogP contribution < -0.4 is 9.62 Å². The average Bonchev–Trinajstić information content (AvgIpc) is 3.10. The number of non-ortho nitro benzene ring substituents is 1. The number of anilines is 2. The standard InChI is InChI=1S/C17H23N5O5S3/c1-4-10-28-17-20-19-16(29-17)18-15(23)6-5-9-21(30(3,26)27)14-11-13(22(24)25)8-7-12(14)2/h7-8,11H,4-6,9-10H2,1-3H3,(H,18,19,23). The summed E-state index contributed by atoms with van der Waals surface area (Å²) in [5.74, 6) is 0.614. The molecule has 0 fully saturated rings. The zero-order chi connectivity index (χ0) is 22.3. The molecule has 0 saturated heterocycles. The van der Waals surface area contributed by atoms with Gasteiger partial charge in [0.25, 0.3) is 5.69 Å². The third-order valence-electron chi connectivity index (χ3n) is 3.92. The van der Waals surface area contributed by atoms with Crippen molar-refractivity contribution in [1.82, 2.24) is 10.2 Å². The molecule has 0 aliphatic heterocycles. The van der Waals surface area contributed by atoms with Gasteiger partial charge in [-0.2, -0.15) is 0 Å². The number of nitrogens with one attached hydrogen (secondary N) is 1. The molecule has 1 aromatic carbocycles. The number of hydrogen-bond acceptors (Lipinski definition) is 9. The third-order valence-corrected chi connectivity index (χ3v) is 7.28. The second kappa shape index (κ2) is 10.7. The van der Waals surface area contributed by atoms with Crippen molar-refractivity contribution < 1.29 is 18.1 Å². The maximum atomic E-state index is 12.3. The number of nitro groups is 1. The number of benzene rings is 1. The fourth-order valence-corrected chi connectivity index (χ4v) is 5.23. The Kier molecular flexibility index (Phi) is 8.55. The van der Waals surface area contributed by atoms with Crippen molar-refractivity contribution in [2.45, 2.75) is 37.4 Å². The quantitative estimate of drug-likeness (QED) is 0.227. The highest BCUT2D eigenvalue weighted by molar-refractivity contribution is 8.01. The van der Waals surface area contributed by atoms with Crippen LogP contribution in [0.15, 0.2) is 22.5 Å². The van der Waals surface area contributed by atoms with Crippen molar-refractivity contribution in [1.29, 1.82) is 0 Å². The van der Waals surface area contributed by atoms with E-state index in [1.54, 1.807) is 18.7 Å². The summed E-state index contributed by atoms with van der Waals surface area (Å²) in [7, 11) is -3.69. The van der Waals surface area contributed by atoms with Gasteiger partial charge in [-0.25, -0.2) is 8.42 Å². The van der Waals surface area contributed by atoms with E-state index in [1.165, 1.54) is 29.5 Å². The van der Waals surface area contributed by atoms with Crippen LogP contribution in [0.25, 0.3) is 0 Å².